The van der Waals surface area contributed by atoms with Gasteiger partial charge < -0.3 is 5.32 Å². The normalized spacial score (nSPS) is 21.4. The number of alkyl halides is 3. The van der Waals surface area contributed by atoms with Gasteiger partial charge >= 0.3 is 6.18 Å². The third kappa shape index (κ3) is 3.45. The molecule has 0 saturated carbocycles. The van der Waals surface area contributed by atoms with Crippen molar-refractivity contribution < 1.29 is 22.8 Å². The predicted octanol–water partition coefficient (Wildman–Crippen LogP) is 3.43. The standard InChI is InChI=1S/C18H13F3N2O2/c1-10-8-16(24)23-15-9-11(6-7-12(10)15)22-17(25)13-4-2-3-5-14(13)18(19,20)21/h2-9,12H,1H3,(H,23,24). The topological polar surface area (TPSA) is 58.5 Å². The molecule has 1 aromatic rings. The Morgan fingerprint density at radius 2 is 1.92 bits per heavy atom. The third-order valence-electron chi connectivity index (χ3n) is 3.91. The first-order valence-electron chi connectivity index (χ1n) is 7.44. The second kappa shape index (κ2) is 6.16. The summed E-state index contributed by atoms with van der Waals surface area (Å²) >= 11 is 0. The molecule has 0 fully saturated rings. The molecular weight excluding hydrogens is 333 g/mol. The number of nitrogens with one attached hydrogen (secondary N) is 1. The van der Waals surface area contributed by atoms with E-state index < -0.39 is 23.2 Å². The molecule has 1 atom stereocenters. The Labute approximate surface area is 141 Å². The van der Waals surface area contributed by atoms with E-state index in [9.17, 15) is 22.8 Å². The number of aliphatic imine (C=N–C) groups is 1. The Balaban J connectivity index is 1.93. The van der Waals surface area contributed by atoms with Crippen LogP contribution in [0.15, 0.2) is 64.8 Å². The van der Waals surface area contributed by atoms with Crippen molar-refractivity contribution in [2.75, 3.05) is 0 Å². The number of hydrogen-bond donors (Lipinski definition) is 1. The van der Waals surface area contributed by atoms with E-state index in [-0.39, 0.29) is 17.5 Å². The summed E-state index contributed by atoms with van der Waals surface area (Å²) in [5.41, 5.74) is 0.0185. The van der Waals surface area contributed by atoms with E-state index in [0.29, 0.717) is 5.70 Å². The van der Waals surface area contributed by atoms with E-state index in [1.165, 1.54) is 24.3 Å². The molecule has 0 saturated heterocycles. The molecule has 1 heterocycles. The Bertz CT molecular complexity index is 877. The minimum Gasteiger partial charge on any atom is -0.325 e. The number of benzene rings is 1. The molecule has 1 aliphatic carbocycles. The van der Waals surface area contributed by atoms with Crippen molar-refractivity contribution in [2.24, 2.45) is 10.9 Å². The molecule has 0 spiro atoms. The summed E-state index contributed by atoms with van der Waals surface area (Å²) in [6.07, 6.45) is 1.61. The van der Waals surface area contributed by atoms with Gasteiger partial charge in [-0.15, -0.1) is 0 Å². The first kappa shape index (κ1) is 16.9. The third-order valence-corrected chi connectivity index (χ3v) is 3.91. The first-order chi connectivity index (χ1) is 11.8. The monoisotopic (exact) mass is 346 g/mol. The van der Waals surface area contributed by atoms with E-state index in [0.717, 1.165) is 17.7 Å². The molecule has 25 heavy (non-hydrogen) atoms. The lowest BCUT2D eigenvalue weighted by molar-refractivity contribution is -0.137. The van der Waals surface area contributed by atoms with Gasteiger partial charge in [-0.2, -0.15) is 13.2 Å². The highest BCUT2D eigenvalue weighted by molar-refractivity contribution is 6.14. The van der Waals surface area contributed by atoms with Gasteiger partial charge in [-0.1, -0.05) is 23.8 Å². The number of carbonyl (C=O) groups is 2. The molecule has 0 aromatic heterocycles. The summed E-state index contributed by atoms with van der Waals surface area (Å²) in [5.74, 6) is -1.41. The molecule has 1 aromatic carbocycles. The average molecular weight is 346 g/mol. The summed E-state index contributed by atoms with van der Waals surface area (Å²) in [5, 5.41) is 2.65. The summed E-state index contributed by atoms with van der Waals surface area (Å²) in [7, 11) is 0. The maximum Gasteiger partial charge on any atom is 0.417 e. The molecule has 2 amide bonds. The number of carbonyl (C=O) groups excluding carboxylic acids is 2. The lowest BCUT2D eigenvalue weighted by Gasteiger charge is -2.25. The highest BCUT2D eigenvalue weighted by atomic mass is 19.4. The van der Waals surface area contributed by atoms with Gasteiger partial charge in [0, 0.05) is 17.7 Å². The smallest absolute Gasteiger partial charge is 0.325 e. The van der Waals surface area contributed by atoms with Crippen LogP contribution in [0.5, 0.6) is 0 Å². The maximum atomic E-state index is 13.0. The molecule has 1 unspecified atom stereocenters. The lowest BCUT2D eigenvalue weighted by Crippen LogP contribution is -2.32. The van der Waals surface area contributed by atoms with Crippen molar-refractivity contribution in [1.82, 2.24) is 5.32 Å². The van der Waals surface area contributed by atoms with Gasteiger partial charge in [-0.25, -0.2) is 4.99 Å². The number of amides is 2. The van der Waals surface area contributed by atoms with Gasteiger partial charge in [-0.05, 0) is 31.2 Å². The minimum atomic E-state index is -4.64. The number of hydrogen-bond acceptors (Lipinski definition) is 2. The summed E-state index contributed by atoms with van der Waals surface area (Å²) in [6, 6.07) is 4.50. The van der Waals surface area contributed by atoms with Gasteiger partial charge in [-0.3, -0.25) is 9.59 Å². The van der Waals surface area contributed by atoms with Gasteiger partial charge in [0.15, 0.2) is 0 Å². The number of rotatable bonds is 1. The van der Waals surface area contributed by atoms with Gasteiger partial charge in [0.25, 0.3) is 5.91 Å². The van der Waals surface area contributed by atoms with Crippen molar-refractivity contribution in [3.8, 4) is 0 Å². The van der Waals surface area contributed by atoms with Crippen LogP contribution in [0.2, 0.25) is 0 Å². The molecule has 1 N–H and O–H groups in total. The fourth-order valence-corrected chi connectivity index (χ4v) is 2.75. The van der Waals surface area contributed by atoms with Crippen LogP contribution in [-0.2, 0) is 11.0 Å². The molecule has 4 nitrogen and oxygen atoms in total. The Morgan fingerprint density at radius 1 is 1.20 bits per heavy atom. The van der Waals surface area contributed by atoms with Crippen LogP contribution in [0, 0.1) is 5.92 Å². The van der Waals surface area contributed by atoms with E-state index in [4.69, 9.17) is 0 Å². The number of nitrogens with zero attached hydrogens (tertiary/aromatic N) is 1. The predicted molar refractivity (Wildman–Crippen MR) is 85.8 cm³/mol. The molecule has 1 aliphatic heterocycles. The van der Waals surface area contributed by atoms with E-state index >= 15 is 0 Å². The van der Waals surface area contributed by atoms with Crippen LogP contribution in [0.3, 0.4) is 0 Å². The second-order valence-electron chi connectivity index (χ2n) is 5.70. The fourth-order valence-electron chi connectivity index (χ4n) is 2.75. The van der Waals surface area contributed by atoms with Crippen molar-refractivity contribution in [2.45, 2.75) is 13.1 Å². The zero-order valence-electron chi connectivity index (χ0n) is 13.1. The van der Waals surface area contributed by atoms with Gasteiger partial charge in [0.05, 0.1) is 16.8 Å². The van der Waals surface area contributed by atoms with Gasteiger partial charge in [0.1, 0.15) is 0 Å². The Morgan fingerprint density at radius 3 is 2.64 bits per heavy atom. The van der Waals surface area contributed by atoms with E-state index in [1.54, 1.807) is 19.1 Å². The van der Waals surface area contributed by atoms with Crippen molar-refractivity contribution in [1.29, 1.82) is 0 Å². The maximum absolute atomic E-state index is 13.0. The first-order valence-corrected chi connectivity index (χ1v) is 7.44. The van der Waals surface area contributed by atoms with Crippen LogP contribution in [0.1, 0.15) is 22.8 Å². The molecule has 128 valence electrons. The van der Waals surface area contributed by atoms with Crippen molar-refractivity contribution >= 4 is 17.5 Å². The second-order valence-corrected chi connectivity index (χ2v) is 5.70. The Kier molecular flexibility index (Phi) is 4.16. The zero-order chi connectivity index (χ0) is 18.2. The molecule has 3 rings (SSSR count). The Hall–Kier alpha value is -2.96. The zero-order valence-corrected chi connectivity index (χ0v) is 13.1. The SMILES string of the molecule is CC1=CC(=O)NC2=CC(=NC(=O)c3ccccc3C(F)(F)F)C=CC12. The van der Waals surface area contributed by atoms with E-state index in [1.807, 2.05) is 0 Å². The van der Waals surface area contributed by atoms with Crippen molar-refractivity contribution in [3.63, 3.8) is 0 Å². The number of halogens is 3. The minimum absolute atomic E-state index is 0.130. The molecule has 7 heteroatoms. The summed E-state index contributed by atoms with van der Waals surface area (Å²) in [6.45, 7) is 1.80. The molecular formula is C18H13F3N2O2. The van der Waals surface area contributed by atoms with Crippen LogP contribution >= 0.6 is 0 Å². The van der Waals surface area contributed by atoms with Crippen LogP contribution in [0.4, 0.5) is 13.2 Å². The highest BCUT2D eigenvalue weighted by Crippen LogP contribution is 2.32. The average Bonchev–Trinajstić information content (AvgIpc) is 2.53. The van der Waals surface area contributed by atoms with Gasteiger partial charge in [0.2, 0.25) is 5.91 Å². The largest absolute Gasteiger partial charge is 0.417 e. The number of fused-ring (bicyclic) bond motifs is 1. The number of allylic oxidation sites excluding steroid dienone is 3. The van der Waals surface area contributed by atoms with Crippen molar-refractivity contribution in [3.05, 3.63) is 71.0 Å². The van der Waals surface area contributed by atoms with Crippen LogP contribution in [-0.4, -0.2) is 17.5 Å². The molecule has 0 radical (unpaired) electrons. The molecule has 2 aliphatic rings. The lowest BCUT2D eigenvalue weighted by atomic mass is 9.89. The fraction of sp³-hybridized carbons (Fsp3) is 0.167. The summed E-state index contributed by atoms with van der Waals surface area (Å²) < 4.78 is 39.0. The van der Waals surface area contributed by atoms with Crippen LogP contribution < -0.4 is 5.32 Å². The highest BCUT2D eigenvalue weighted by Gasteiger charge is 2.35. The molecule has 0 bridgehead atoms. The summed E-state index contributed by atoms with van der Waals surface area (Å²) in [4.78, 5) is 27.5. The quantitative estimate of drug-likeness (QED) is 0.847. The van der Waals surface area contributed by atoms with E-state index in [2.05, 4.69) is 10.3 Å². The van der Waals surface area contributed by atoms with Crippen LogP contribution in [0.25, 0.3) is 0 Å².